The van der Waals surface area contributed by atoms with Gasteiger partial charge in [0.2, 0.25) is 5.91 Å². The zero-order chi connectivity index (χ0) is 13.8. The SMILES string of the molecule is Cl.N[C@@H]1CCC[C@H]1CC(=O)NCc1cc(F)ccc1F. The van der Waals surface area contributed by atoms with Crippen molar-refractivity contribution in [2.75, 3.05) is 0 Å². The Balaban J connectivity index is 0.00000200. The molecule has 0 bridgehead atoms. The molecule has 1 aliphatic carbocycles. The van der Waals surface area contributed by atoms with Gasteiger partial charge in [-0.25, -0.2) is 8.78 Å². The van der Waals surface area contributed by atoms with Crippen LogP contribution in [0.25, 0.3) is 0 Å². The highest BCUT2D eigenvalue weighted by molar-refractivity contribution is 5.85. The molecule has 1 amide bonds. The number of benzene rings is 1. The van der Waals surface area contributed by atoms with E-state index in [1.165, 1.54) is 0 Å². The van der Waals surface area contributed by atoms with Gasteiger partial charge in [0.1, 0.15) is 11.6 Å². The third-order valence-corrected chi connectivity index (χ3v) is 3.65. The third kappa shape index (κ3) is 4.42. The lowest BCUT2D eigenvalue weighted by molar-refractivity contribution is -0.122. The van der Waals surface area contributed by atoms with Crippen LogP contribution in [0.3, 0.4) is 0 Å². The number of nitrogens with one attached hydrogen (secondary N) is 1. The van der Waals surface area contributed by atoms with Crippen LogP contribution in [0.15, 0.2) is 18.2 Å². The molecule has 3 nitrogen and oxygen atoms in total. The highest BCUT2D eigenvalue weighted by Crippen LogP contribution is 2.26. The number of rotatable bonds is 4. The van der Waals surface area contributed by atoms with Crippen molar-refractivity contribution in [3.05, 3.63) is 35.4 Å². The molecule has 0 heterocycles. The van der Waals surface area contributed by atoms with Gasteiger partial charge in [-0.15, -0.1) is 12.4 Å². The van der Waals surface area contributed by atoms with Gasteiger partial charge in [0.05, 0.1) is 0 Å². The number of hydrogen-bond donors (Lipinski definition) is 2. The van der Waals surface area contributed by atoms with E-state index in [-0.39, 0.29) is 42.4 Å². The van der Waals surface area contributed by atoms with E-state index in [0.29, 0.717) is 6.42 Å². The van der Waals surface area contributed by atoms with Gasteiger partial charge >= 0.3 is 0 Å². The molecule has 0 aromatic heterocycles. The number of nitrogens with two attached hydrogens (primary N) is 1. The summed E-state index contributed by atoms with van der Waals surface area (Å²) in [6, 6.07) is 3.29. The number of carbonyl (C=O) groups is 1. The topological polar surface area (TPSA) is 55.1 Å². The second-order valence-electron chi connectivity index (χ2n) is 5.07. The standard InChI is InChI=1S/C14H18F2N2O.ClH/c15-11-4-5-12(16)10(6-11)8-18-14(19)7-9-2-1-3-13(9)17;/h4-6,9,13H,1-3,7-8,17H2,(H,18,19);1H/t9-,13+;/m0./s1. The minimum absolute atomic E-state index is 0. The smallest absolute Gasteiger partial charge is 0.220 e. The first-order valence-corrected chi connectivity index (χ1v) is 6.52. The molecule has 0 spiro atoms. The van der Waals surface area contributed by atoms with Crippen LogP contribution in [-0.2, 0) is 11.3 Å². The lowest BCUT2D eigenvalue weighted by Gasteiger charge is -2.14. The molecule has 0 aliphatic heterocycles. The van der Waals surface area contributed by atoms with Crippen LogP contribution < -0.4 is 11.1 Å². The van der Waals surface area contributed by atoms with Crippen molar-refractivity contribution >= 4 is 18.3 Å². The molecular formula is C14H19ClF2N2O. The van der Waals surface area contributed by atoms with Crippen LogP contribution in [0.4, 0.5) is 8.78 Å². The lowest BCUT2D eigenvalue weighted by atomic mass is 10.00. The zero-order valence-electron chi connectivity index (χ0n) is 11.1. The van der Waals surface area contributed by atoms with Gasteiger partial charge in [0.15, 0.2) is 0 Å². The Morgan fingerprint density at radius 3 is 2.75 bits per heavy atom. The molecule has 2 rings (SSSR count). The van der Waals surface area contributed by atoms with E-state index >= 15 is 0 Å². The maximum Gasteiger partial charge on any atom is 0.220 e. The monoisotopic (exact) mass is 304 g/mol. The first kappa shape index (κ1) is 16.9. The van der Waals surface area contributed by atoms with E-state index in [1.807, 2.05) is 0 Å². The van der Waals surface area contributed by atoms with Crippen molar-refractivity contribution in [2.45, 2.75) is 38.3 Å². The maximum atomic E-state index is 13.3. The lowest BCUT2D eigenvalue weighted by Crippen LogP contribution is -2.31. The first-order chi connectivity index (χ1) is 9.06. The molecule has 2 atom stereocenters. The Labute approximate surface area is 123 Å². The summed E-state index contributed by atoms with van der Waals surface area (Å²) in [7, 11) is 0. The van der Waals surface area contributed by atoms with Gasteiger partial charge < -0.3 is 11.1 Å². The van der Waals surface area contributed by atoms with Crippen molar-refractivity contribution in [2.24, 2.45) is 11.7 Å². The average Bonchev–Trinajstić information content (AvgIpc) is 2.76. The van der Waals surface area contributed by atoms with Crippen molar-refractivity contribution < 1.29 is 13.6 Å². The van der Waals surface area contributed by atoms with Gasteiger partial charge in [0.25, 0.3) is 0 Å². The fourth-order valence-corrected chi connectivity index (χ4v) is 2.50. The van der Waals surface area contributed by atoms with E-state index in [4.69, 9.17) is 5.73 Å². The predicted octanol–water partition coefficient (Wildman–Crippen LogP) is 2.52. The average molecular weight is 305 g/mol. The number of amides is 1. The summed E-state index contributed by atoms with van der Waals surface area (Å²) in [6.45, 7) is 0.00435. The maximum absolute atomic E-state index is 13.3. The van der Waals surface area contributed by atoms with E-state index in [0.717, 1.165) is 37.5 Å². The quantitative estimate of drug-likeness (QED) is 0.898. The molecule has 0 radical (unpaired) electrons. The first-order valence-electron chi connectivity index (χ1n) is 6.52. The Hall–Kier alpha value is -1.20. The summed E-state index contributed by atoms with van der Waals surface area (Å²) in [5.41, 5.74) is 6.05. The van der Waals surface area contributed by atoms with Crippen LogP contribution in [0.2, 0.25) is 0 Å². The second-order valence-corrected chi connectivity index (χ2v) is 5.07. The van der Waals surface area contributed by atoms with E-state index in [1.54, 1.807) is 0 Å². The summed E-state index contributed by atoms with van der Waals surface area (Å²) < 4.78 is 26.3. The zero-order valence-corrected chi connectivity index (χ0v) is 11.9. The van der Waals surface area contributed by atoms with Gasteiger partial charge in [-0.3, -0.25) is 4.79 Å². The minimum atomic E-state index is -0.515. The fraction of sp³-hybridized carbons (Fsp3) is 0.500. The van der Waals surface area contributed by atoms with Gasteiger partial charge in [-0.05, 0) is 37.0 Å². The van der Waals surface area contributed by atoms with Crippen molar-refractivity contribution in [1.82, 2.24) is 5.32 Å². The summed E-state index contributed by atoms with van der Waals surface area (Å²) in [5, 5.41) is 2.61. The summed E-state index contributed by atoms with van der Waals surface area (Å²) in [4.78, 5) is 11.7. The summed E-state index contributed by atoms with van der Waals surface area (Å²) in [6.07, 6.45) is 3.33. The molecular weight excluding hydrogens is 286 g/mol. The third-order valence-electron chi connectivity index (χ3n) is 3.65. The number of halogens is 3. The van der Waals surface area contributed by atoms with E-state index in [9.17, 15) is 13.6 Å². The van der Waals surface area contributed by atoms with Crippen LogP contribution in [0.1, 0.15) is 31.2 Å². The van der Waals surface area contributed by atoms with Gasteiger partial charge in [-0.1, -0.05) is 6.42 Å². The summed E-state index contributed by atoms with van der Waals surface area (Å²) >= 11 is 0. The van der Waals surface area contributed by atoms with E-state index < -0.39 is 11.6 Å². The molecule has 20 heavy (non-hydrogen) atoms. The van der Waals surface area contributed by atoms with Crippen LogP contribution in [-0.4, -0.2) is 11.9 Å². The molecule has 112 valence electrons. The molecule has 1 aromatic carbocycles. The fourth-order valence-electron chi connectivity index (χ4n) is 2.50. The minimum Gasteiger partial charge on any atom is -0.352 e. The Kier molecular flexibility index (Phi) is 6.36. The Bertz CT molecular complexity index is 470. The highest BCUT2D eigenvalue weighted by atomic mass is 35.5. The van der Waals surface area contributed by atoms with Gasteiger partial charge in [0, 0.05) is 24.6 Å². The largest absolute Gasteiger partial charge is 0.352 e. The van der Waals surface area contributed by atoms with Crippen LogP contribution >= 0.6 is 12.4 Å². The number of carbonyl (C=O) groups excluding carboxylic acids is 1. The summed E-state index contributed by atoms with van der Waals surface area (Å²) in [5.74, 6) is -0.980. The molecule has 1 aliphatic rings. The van der Waals surface area contributed by atoms with Crippen molar-refractivity contribution in [1.29, 1.82) is 0 Å². The molecule has 0 unspecified atom stereocenters. The van der Waals surface area contributed by atoms with Gasteiger partial charge in [-0.2, -0.15) is 0 Å². The molecule has 0 saturated heterocycles. The molecule has 3 N–H and O–H groups in total. The molecule has 6 heteroatoms. The molecule has 1 aromatic rings. The second kappa shape index (κ2) is 7.55. The predicted molar refractivity (Wildman–Crippen MR) is 75.4 cm³/mol. The highest BCUT2D eigenvalue weighted by Gasteiger charge is 2.25. The van der Waals surface area contributed by atoms with Crippen LogP contribution in [0.5, 0.6) is 0 Å². The van der Waals surface area contributed by atoms with E-state index in [2.05, 4.69) is 5.32 Å². The Morgan fingerprint density at radius 1 is 1.35 bits per heavy atom. The van der Waals surface area contributed by atoms with Crippen molar-refractivity contribution in [3.8, 4) is 0 Å². The normalized spacial score (nSPS) is 21.4. The molecule has 1 fully saturated rings. The molecule has 1 saturated carbocycles. The van der Waals surface area contributed by atoms with Crippen molar-refractivity contribution in [3.63, 3.8) is 0 Å². The number of hydrogen-bond acceptors (Lipinski definition) is 2. The Morgan fingerprint density at radius 2 is 2.10 bits per heavy atom. The van der Waals surface area contributed by atoms with Crippen LogP contribution in [0, 0.1) is 17.6 Å².